The summed E-state index contributed by atoms with van der Waals surface area (Å²) in [5, 5.41) is 3.17. The van der Waals surface area contributed by atoms with Gasteiger partial charge in [-0.1, -0.05) is 31.0 Å². The van der Waals surface area contributed by atoms with Crippen LogP contribution in [0.1, 0.15) is 51.0 Å². The van der Waals surface area contributed by atoms with Crippen LogP contribution in [0.5, 0.6) is 0 Å². The van der Waals surface area contributed by atoms with Crippen molar-refractivity contribution in [1.29, 1.82) is 0 Å². The minimum absolute atomic E-state index is 0.0375. The lowest BCUT2D eigenvalue weighted by molar-refractivity contribution is -0.135. The van der Waals surface area contributed by atoms with Crippen LogP contribution in [-0.2, 0) is 16.0 Å². The lowest BCUT2D eigenvalue weighted by Gasteiger charge is -2.35. The van der Waals surface area contributed by atoms with Gasteiger partial charge in [-0.15, -0.1) is 0 Å². The van der Waals surface area contributed by atoms with Crippen molar-refractivity contribution in [3.63, 3.8) is 0 Å². The minimum atomic E-state index is -0.223. The van der Waals surface area contributed by atoms with Crippen molar-refractivity contribution < 1.29 is 9.59 Å². The van der Waals surface area contributed by atoms with Crippen LogP contribution in [0.4, 0.5) is 5.69 Å². The van der Waals surface area contributed by atoms with Gasteiger partial charge in [0.25, 0.3) is 0 Å². The molecule has 0 bridgehead atoms. The molecule has 3 N–H and O–H groups in total. The molecule has 5 nitrogen and oxygen atoms in total. The van der Waals surface area contributed by atoms with Gasteiger partial charge < -0.3 is 16.0 Å². The summed E-state index contributed by atoms with van der Waals surface area (Å²) in [5.41, 5.74) is 8.12. The van der Waals surface area contributed by atoms with Gasteiger partial charge in [-0.05, 0) is 56.6 Å². The molecule has 4 atom stereocenters. The van der Waals surface area contributed by atoms with E-state index in [-0.39, 0.29) is 35.7 Å². The van der Waals surface area contributed by atoms with Crippen molar-refractivity contribution >= 4 is 17.5 Å². The average molecular weight is 370 g/mol. The fraction of sp³-hybridized carbons (Fsp3) is 0.636. The van der Waals surface area contributed by atoms with Crippen LogP contribution in [0.2, 0.25) is 0 Å². The van der Waals surface area contributed by atoms with Crippen LogP contribution in [0.15, 0.2) is 24.3 Å². The Morgan fingerprint density at radius 1 is 1.15 bits per heavy atom. The van der Waals surface area contributed by atoms with Crippen molar-refractivity contribution in [1.82, 2.24) is 5.32 Å². The molecule has 2 amide bonds. The summed E-state index contributed by atoms with van der Waals surface area (Å²) in [6.45, 7) is 2.59. The molecule has 4 unspecified atom stereocenters. The third-order valence-electron chi connectivity index (χ3n) is 6.64. The molecule has 4 rings (SSSR count). The Kier molecular flexibility index (Phi) is 5.22. The summed E-state index contributed by atoms with van der Waals surface area (Å²) < 4.78 is 0. The SMILES string of the molecule is CC1Cc2ccccc2N1C(=O)C1CCCCC1C(=O)NC(CN)C1CC1. The van der Waals surface area contributed by atoms with Gasteiger partial charge in [0.2, 0.25) is 11.8 Å². The van der Waals surface area contributed by atoms with Crippen LogP contribution >= 0.6 is 0 Å². The zero-order chi connectivity index (χ0) is 19.0. The highest BCUT2D eigenvalue weighted by atomic mass is 16.2. The standard InChI is InChI=1S/C22H31N3O2/c1-14-12-16-6-2-5-9-20(16)25(14)22(27)18-8-4-3-7-17(18)21(26)24-19(13-23)15-10-11-15/h2,5-6,9,14-15,17-19H,3-4,7-8,10-13,23H2,1H3,(H,24,26). The summed E-state index contributed by atoms with van der Waals surface area (Å²) in [4.78, 5) is 28.5. The molecule has 1 aliphatic heterocycles. The number of hydrogen-bond acceptors (Lipinski definition) is 3. The van der Waals surface area contributed by atoms with Crippen molar-refractivity contribution in [2.75, 3.05) is 11.4 Å². The number of fused-ring (bicyclic) bond motifs is 1. The first-order valence-electron chi connectivity index (χ1n) is 10.5. The lowest BCUT2D eigenvalue weighted by Crippen LogP contribution is -2.50. The zero-order valence-electron chi connectivity index (χ0n) is 16.2. The van der Waals surface area contributed by atoms with E-state index >= 15 is 0 Å². The summed E-state index contributed by atoms with van der Waals surface area (Å²) in [5.74, 6) is 0.254. The molecule has 2 aliphatic carbocycles. The predicted octanol–water partition coefficient (Wildman–Crippen LogP) is 2.62. The normalized spacial score (nSPS) is 28.5. The van der Waals surface area contributed by atoms with Gasteiger partial charge in [0.05, 0.1) is 5.92 Å². The number of carbonyl (C=O) groups is 2. The van der Waals surface area contributed by atoms with E-state index < -0.39 is 0 Å². The largest absolute Gasteiger partial charge is 0.352 e. The molecule has 1 heterocycles. The van der Waals surface area contributed by atoms with E-state index in [4.69, 9.17) is 5.73 Å². The van der Waals surface area contributed by atoms with Crippen LogP contribution in [0, 0.1) is 17.8 Å². The van der Waals surface area contributed by atoms with Crippen LogP contribution in [-0.4, -0.2) is 30.4 Å². The minimum Gasteiger partial charge on any atom is -0.352 e. The van der Waals surface area contributed by atoms with Crippen molar-refractivity contribution in [2.45, 2.75) is 64.0 Å². The summed E-state index contributed by atoms with van der Waals surface area (Å²) in [7, 11) is 0. The van der Waals surface area contributed by atoms with Gasteiger partial charge in [0, 0.05) is 30.2 Å². The molecule has 2 fully saturated rings. The van der Waals surface area contributed by atoms with Crippen LogP contribution in [0.3, 0.4) is 0 Å². The first kappa shape index (κ1) is 18.5. The predicted molar refractivity (Wildman–Crippen MR) is 106 cm³/mol. The van der Waals surface area contributed by atoms with E-state index in [0.717, 1.165) is 50.6 Å². The van der Waals surface area contributed by atoms with Crippen molar-refractivity contribution in [3.05, 3.63) is 29.8 Å². The molecule has 0 spiro atoms. The van der Waals surface area contributed by atoms with Crippen LogP contribution in [0.25, 0.3) is 0 Å². The molecular formula is C22H31N3O2. The third kappa shape index (κ3) is 3.62. The Labute approximate surface area is 161 Å². The lowest BCUT2D eigenvalue weighted by atomic mass is 9.77. The Bertz CT molecular complexity index is 715. The molecule has 5 heteroatoms. The van der Waals surface area contributed by atoms with Gasteiger partial charge in [-0.2, -0.15) is 0 Å². The highest BCUT2D eigenvalue weighted by Crippen LogP contribution is 2.38. The van der Waals surface area contributed by atoms with E-state index in [1.807, 2.05) is 23.1 Å². The number of nitrogens with one attached hydrogen (secondary N) is 1. The molecular weight excluding hydrogens is 338 g/mol. The number of carbonyl (C=O) groups excluding carboxylic acids is 2. The van der Waals surface area contributed by atoms with E-state index in [2.05, 4.69) is 18.3 Å². The number of hydrogen-bond donors (Lipinski definition) is 2. The molecule has 2 saturated carbocycles. The number of para-hydroxylation sites is 1. The fourth-order valence-corrected chi connectivity index (χ4v) is 4.98. The number of anilines is 1. The first-order chi connectivity index (χ1) is 13.1. The fourth-order valence-electron chi connectivity index (χ4n) is 4.98. The number of rotatable bonds is 5. The van der Waals surface area contributed by atoms with E-state index in [9.17, 15) is 9.59 Å². The molecule has 1 aromatic carbocycles. The monoisotopic (exact) mass is 369 g/mol. The quantitative estimate of drug-likeness (QED) is 0.838. The molecule has 0 radical (unpaired) electrons. The van der Waals surface area contributed by atoms with Gasteiger partial charge >= 0.3 is 0 Å². The van der Waals surface area contributed by atoms with Crippen LogP contribution < -0.4 is 16.0 Å². The maximum absolute atomic E-state index is 13.5. The Morgan fingerprint density at radius 2 is 1.85 bits per heavy atom. The second-order valence-electron chi connectivity index (χ2n) is 8.58. The molecule has 3 aliphatic rings. The van der Waals surface area contributed by atoms with Gasteiger partial charge in [0.1, 0.15) is 0 Å². The van der Waals surface area contributed by atoms with Crippen molar-refractivity contribution in [2.24, 2.45) is 23.5 Å². The Hall–Kier alpha value is -1.88. The summed E-state index contributed by atoms with van der Waals surface area (Å²) in [6.07, 6.45) is 6.84. The van der Waals surface area contributed by atoms with E-state index in [0.29, 0.717) is 12.5 Å². The number of amides is 2. The second kappa shape index (κ2) is 7.63. The zero-order valence-corrected chi connectivity index (χ0v) is 16.2. The number of benzene rings is 1. The van der Waals surface area contributed by atoms with Crippen molar-refractivity contribution in [3.8, 4) is 0 Å². The maximum atomic E-state index is 13.5. The molecule has 27 heavy (non-hydrogen) atoms. The smallest absolute Gasteiger partial charge is 0.231 e. The van der Waals surface area contributed by atoms with E-state index in [1.165, 1.54) is 5.56 Å². The van der Waals surface area contributed by atoms with Gasteiger partial charge in [-0.3, -0.25) is 9.59 Å². The molecule has 0 aromatic heterocycles. The average Bonchev–Trinajstić information content (AvgIpc) is 3.47. The number of nitrogens with zero attached hydrogens (tertiary/aromatic N) is 1. The summed E-state index contributed by atoms with van der Waals surface area (Å²) >= 11 is 0. The molecule has 1 aromatic rings. The highest BCUT2D eigenvalue weighted by molar-refractivity contribution is 6.00. The van der Waals surface area contributed by atoms with Gasteiger partial charge in [-0.25, -0.2) is 0 Å². The maximum Gasteiger partial charge on any atom is 0.231 e. The molecule has 0 saturated heterocycles. The topological polar surface area (TPSA) is 75.4 Å². The second-order valence-corrected chi connectivity index (χ2v) is 8.58. The highest BCUT2D eigenvalue weighted by Gasteiger charge is 2.42. The first-order valence-corrected chi connectivity index (χ1v) is 10.5. The Balaban J connectivity index is 1.52. The summed E-state index contributed by atoms with van der Waals surface area (Å²) in [6, 6.07) is 8.38. The number of nitrogens with two attached hydrogens (primary N) is 1. The third-order valence-corrected chi connectivity index (χ3v) is 6.64. The Morgan fingerprint density at radius 3 is 2.56 bits per heavy atom. The van der Waals surface area contributed by atoms with E-state index in [1.54, 1.807) is 0 Å². The molecule has 146 valence electrons. The van der Waals surface area contributed by atoms with Gasteiger partial charge in [0.15, 0.2) is 0 Å².